The number of carboxylic acids is 1. The van der Waals surface area contributed by atoms with Crippen molar-refractivity contribution in [1.29, 1.82) is 0 Å². The number of aromatic carboxylic acids is 1. The van der Waals surface area contributed by atoms with E-state index in [0.717, 1.165) is 0 Å². The Kier molecular flexibility index (Phi) is 5.70. The molecular formula is C22H18Cl2N2O4. The number of halogens is 2. The Morgan fingerprint density at radius 2 is 1.87 bits per heavy atom. The molecule has 1 amide bonds. The quantitative estimate of drug-likeness (QED) is 0.577. The van der Waals surface area contributed by atoms with Gasteiger partial charge in [-0.05, 0) is 36.8 Å². The van der Waals surface area contributed by atoms with E-state index in [2.05, 4.69) is 0 Å². The summed E-state index contributed by atoms with van der Waals surface area (Å²) in [5.74, 6) is -0.532. The lowest BCUT2D eigenvalue weighted by Crippen LogP contribution is -2.39. The number of fused-ring (bicyclic) bond motifs is 1. The van der Waals surface area contributed by atoms with Crippen LogP contribution in [-0.4, -0.2) is 39.7 Å². The second kappa shape index (κ2) is 8.42. The molecule has 0 saturated carbocycles. The first kappa shape index (κ1) is 20.3. The van der Waals surface area contributed by atoms with Crippen molar-refractivity contribution in [2.24, 2.45) is 0 Å². The topological polar surface area (TPSA) is 71.8 Å². The van der Waals surface area contributed by atoms with Crippen molar-refractivity contribution in [1.82, 2.24) is 9.47 Å². The zero-order valence-corrected chi connectivity index (χ0v) is 17.4. The average molecular weight is 445 g/mol. The Labute approximate surface area is 183 Å². The van der Waals surface area contributed by atoms with E-state index in [9.17, 15) is 14.7 Å². The molecule has 1 aliphatic rings. The molecule has 2 heterocycles. The maximum absolute atomic E-state index is 12.6. The highest BCUT2D eigenvalue weighted by molar-refractivity contribution is 6.36. The number of ether oxygens (including phenoxy) is 1. The molecule has 0 spiro atoms. The molecule has 0 unspecified atom stereocenters. The third-order valence-electron chi connectivity index (χ3n) is 4.97. The molecule has 0 aliphatic carbocycles. The van der Waals surface area contributed by atoms with Gasteiger partial charge in [0.05, 0.1) is 5.56 Å². The van der Waals surface area contributed by atoms with E-state index < -0.39 is 5.97 Å². The van der Waals surface area contributed by atoms with Gasteiger partial charge >= 0.3 is 5.97 Å². The van der Waals surface area contributed by atoms with Gasteiger partial charge in [0.1, 0.15) is 11.4 Å². The van der Waals surface area contributed by atoms with Gasteiger partial charge in [0, 0.05) is 40.5 Å². The first-order valence-corrected chi connectivity index (χ1v) is 10.1. The van der Waals surface area contributed by atoms with Crippen LogP contribution < -0.4 is 4.74 Å². The zero-order valence-electron chi connectivity index (χ0n) is 15.8. The van der Waals surface area contributed by atoms with Gasteiger partial charge in [-0.1, -0.05) is 41.4 Å². The summed E-state index contributed by atoms with van der Waals surface area (Å²) in [5, 5.41) is 10.5. The van der Waals surface area contributed by atoms with Crippen molar-refractivity contribution >= 4 is 35.1 Å². The normalized spacial score (nSPS) is 13.1. The van der Waals surface area contributed by atoms with Gasteiger partial charge in [-0.2, -0.15) is 0 Å². The Hall–Kier alpha value is -2.96. The van der Waals surface area contributed by atoms with Crippen molar-refractivity contribution in [3.63, 3.8) is 0 Å². The SMILES string of the molecule is O=C(O)c1cc(-c2ccc(Cl)cc2Cl)cn1CCCN1COc2ccccc2C1=O. The van der Waals surface area contributed by atoms with E-state index in [1.165, 1.54) is 0 Å². The van der Waals surface area contributed by atoms with Crippen LogP contribution >= 0.6 is 23.2 Å². The van der Waals surface area contributed by atoms with Crippen LogP contribution in [0, 0.1) is 0 Å². The molecule has 4 rings (SSSR count). The minimum atomic E-state index is -1.03. The fourth-order valence-electron chi connectivity index (χ4n) is 3.49. The van der Waals surface area contributed by atoms with Gasteiger partial charge in [-0.15, -0.1) is 0 Å². The van der Waals surface area contributed by atoms with Gasteiger partial charge in [0.2, 0.25) is 0 Å². The highest BCUT2D eigenvalue weighted by Gasteiger charge is 2.25. The lowest BCUT2D eigenvalue weighted by atomic mass is 10.1. The molecule has 6 nitrogen and oxygen atoms in total. The Morgan fingerprint density at radius 3 is 2.63 bits per heavy atom. The number of amides is 1. The number of rotatable bonds is 6. The molecule has 1 aromatic heterocycles. The van der Waals surface area contributed by atoms with Crippen molar-refractivity contribution < 1.29 is 19.4 Å². The van der Waals surface area contributed by atoms with Gasteiger partial charge in [0.25, 0.3) is 5.91 Å². The Balaban J connectivity index is 1.48. The number of carboxylic acid groups (broad SMARTS) is 1. The number of para-hydroxylation sites is 1. The third-order valence-corrected chi connectivity index (χ3v) is 5.51. The number of hydrogen-bond acceptors (Lipinski definition) is 3. The summed E-state index contributed by atoms with van der Waals surface area (Å²) in [6.07, 6.45) is 2.32. The Bertz CT molecular complexity index is 1130. The largest absolute Gasteiger partial charge is 0.477 e. The van der Waals surface area contributed by atoms with E-state index in [1.807, 2.05) is 6.07 Å². The molecule has 1 N–H and O–H groups in total. The monoisotopic (exact) mass is 444 g/mol. The summed E-state index contributed by atoms with van der Waals surface area (Å²) in [6, 6.07) is 13.8. The van der Waals surface area contributed by atoms with Crippen LogP contribution in [0.25, 0.3) is 11.1 Å². The zero-order chi connectivity index (χ0) is 21.3. The molecule has 154 valence electrons. The summed E-state index contributed by atoms with van der Waals surface area (Å²) in [6.45, 7) is 1.05. The summed E-state index contributed by atoms with van der Waals surface area (Å²) in [5.41, 5.74) is 2.09. The second-order valence-corrected chi connectivity index (χ2v) is 7.77. The molecule has 30 heavy (non-hydrogen) atoms. The molecule has 0 fully saturated rings. The summed E-state index contributed by atoms with van der Waals surface area (Å²) >= 11 is 12.2. The number of nitrogens with zero attached hydrogens (tertiary/aromatic N) is 2. The predicted octanol–water partition coefficient (Wildman–Crippen LogP) is 5.04. The van der Waals surface area contributed by atoms with Crippen LogP contribution in [0.15, 0.2) is 54.7 Å². The van der Waals surface area contributed by atoms with Crippen molar-refractivity contribution in [3.05, 3.63) is 76.0 Å². The van der Waals surface area contributed by atoms with Crippen molar-refractivity contribution in [2.45, 2.75) is 13.0 Å². The molecule has 8 heteroatoms. The molecular weight excluding hydrogens is 427 g/mol. The van der Waals surface area contributed by atoms with E-state index >= 15 is 0 Å². The summed E-state index contributed by atoms with van der Waals surface area (Å²) < 4.78 is 7.29. The predicted molar refractivity (Wildman–Crippen MR) is 114 cm³/mol. The molecule has 0 bridgehead atoms. The summed E-state index contributed by atoms with van der Waals surface area (Å²) in [7, 11) is 0. The molecule has 1 aliphatic heterocycles. The van der Waals surface area contributed by atoms with Crippen LogP contribution in [0.3, 0.4) is 0 Å². The minimum Gasteiger partial charge on any atom is -0.477 e. The fourth-order valence-corrected chi connectivity index (χ4v) is 4.01. The molecule has 0 radical (unpaired) electrons. The number of aromatic nitrogens is 1. The second-order valence-electron chi connectivity index (χ2n) is 6.93. The van der Waals surface area contributed by atoms with Crippen LogP contribution in [0.2, 0.25) is 10.0 Å². The fraction of sp³-hybridized carbons (Fsp3) is 0.182. The van der Waals surface area contributed by atoms with Gasteiger partial charge < -0.3 is 19.3 Å². The lowest BCUT2D eigenvalue weighted by molar-refractivity contribution is 0.0513. The first-order valence-electron chi connectivity index (χ1n) is 9.34. The van der Waals surface area contributed by atoms with E-state index in [0.29, 0.717) is 52.0 Å². The molecule has 2 aromatic carbocycles. The minimum absolute atomic E-state index is 0.0866. The number of carbonyl (C=O) groups is 2. The average Bonchev–Trinajstić information content (AvgIpc) is 3.14. The molecule has 0 atom stereocenters. The van der Waals surface area contributed by atoms with Gasteiger partial charge in [-0.3, -0.25) is 4.79 Å². The first-order chi connectivity index (χ1) is 14.4. The molecule has 3 aromatic rings. The van der Waals surface area contributed by atoms with Crippen LogP contribution in [0.4, 0.5) is 0 Å². The van der Waals surface area contributed by atoms with E-state index in [1.54, 1.807) is 58.1 Å². The lowest BCUT2D eigenvalue weighted by Gasteiger charge is -2.28. The molecule has 0 saturated heterocycles. The number of carbonyl (C=O) groups excluding carboxylic acids is 1. The third kappa shape index (κ3) is 4.01. The van der Waals surface area contributed by atoms with E-state index in [-0.39, 0.29) is 18.3 Å². The van der Waals surface area contributed by atoms with Crippen molar-refractivity contribution in [3.8, 4) is 16.9 Å². The van der Waals surface area contributed by atoms with Gasteiger partial charge in [-0.25, -0.2) is 4.79 Å². The standard InChI is InChI=1S/C22H18Cl2N2O4/c23-15-6-7-16(18(24)11-15)14-10-19(22(28)29)25(12-14)8-3-9-26-13-30-20-5-2-1-4-17(20)21(26)27/h1-2,4-7,10-12H,3,8-9,13H2,(H,28,29). The maximum Gasteiger partial charge on any atom is 0.352 e. The van der Waals surface area contributed by atoms with E-state index in [4.69, 9.17) is 27.9 Å². The van der Waals surface area contributed by atoms with Gasteiger partial charge in [0.15, 0.2) is 6.73 Å². The van der Waals surface area contributed by atoms with Crippen molar-refractivity contribution in [2.75, 3.05) is 13.3 Å². The number of benzene rings is 2. The highest BCUT2D eigenvalue weighted by atomic mass is 35.5. The van der Waals surface area contributed by atoms with Crippen LogP contribution in [0.1, 0.15) is 27.3 Å². The van der Waals surface area contributed by atoms with Crippen LogP contribution in [0.5, 0.6) is 5.75 Å². The maximum atomic E-state index is 12.6. The van der Waals surface area contributed by atoms with Crippen LogP contribution in [-0.2, 0) is 6.54 Å². The highest BCUT2D eigenvalue weighted by Crippen LogP contribution is 2.32. The number of aryl methyl sites for hydroxylation is 1. The smallest absolute Gasteiger partial charge is 0.352 e. The Morgan fingerprint density at radius 1 is 1.07 bits per heavy atom. The number of hydrogen-bond donors (Lipinski definition) is 1. The summed E-state index contributed by atoms with van der Waals surface area (Å²) in [4.78, 5) is 25.9.